The largest absolute Gasteiger partial charge is 0.465 e. The molecule has 9 heteroatoms. The molecule has 0 bridgehead atoms. The number of nitrogens with one attached hydrogen (secondary N) is 1. The second-order valence-electron chi connectivity index (χ2n) is 8.92. The van der Waals surface area contributed by atoms with Crippen LogP contribution in [-0.2, 0) is 11.3 Å². The number of benzene rings is 1. The van der Waals surface area contributed by atoms with Crippen molar-refractivity contribution in [2.45, 2.75) is 57.8 Å². The average molecular weight is 441 g/mol. The summed E-state index contributed by atoms with van der Waals surface area (Å²) < 4.78 is 1.94. The number of piperidine rings is 1. The summed E-state index contributed by atoms with van der Waals surface area (Å²) in [6, 6.07) is 5.73. The SMILES string of the molecule is CC(=O)N1c2ccc(-c3cnn(CCN4CCC(N)CC4)c3)cc2[C@@H](NC(=O)O)C[C@H]1C. The van der Waals surface area contributed by atoms with Gasteiger partial charge < -0.3 is 26.0 Å². The fraction of sp³-hybridized carbons (Fsp3) is 0.522. The highest BCUT2D eigenvalue weighted by molar-refractivity contribution is 5.94. The zero-order valence-electron chi connectivity index (χ0n) is 18.7. The van der Waals surface area contributed by atoms with Crippen LogP contribution in [0.25, 0.3) is 11.1 Å². The van der Waals surface area contributed by atoms with Gasteiger partial charge in [0, 0.05) is 43.0 Å². The molecule has 172 valence electrons. The van der Waals surface area contributed by atoms with Crippen LogP contribution in [0.15, 0.2) is 30.6 Å². The van der Waals surface area contributed by atoms with Crippen molar-refractivity contribution in [1.29, 1.82) is 0 Å². The molecule has 2 aromatic rings. The fourth-order valence-electron chi connectivity index (χ4n) is 4.86. The molecule has 4 N–H and O–H groups in total. The number of hydrogen-bond donors (Lipinski definition) is 3. The third-order valence-electron chi connectivity index (χ3n) is 6.56. The molecule has 0 radical (unpaired) electrons. The first-order chi connectivity index (χ1) is 15.3. The predicted octanol–water partition coefficient (Wildman–Crippen LogP) is 2.43. The molecule has 0 spiro atoms. The molecule has 1 saturated heterocycles. The third-order valence-corrected chi connectivity index (χ3v) is 6.56. The first-order valence-electron chi connectivity index (χ1n) is 11.3. The first kappa shape index (κ1) is 22.3. The second-order valence-corrected chi connectivity index (χ2v) is 8.92. The van der Waals surface area contributed by atoms with Gasteiger partial charge in [-0.2, -0.15) is 5.10 Å². The Morgan fingerprint density at radius 3 is 2.66 bits per heavy atom. The van der Waals surface area contributed by atoms with Crippen molar-refractivity contribution in [2.24, 2.45) is 5.73 Å². The van der Waals surface area contributed by atoms with Crippen LogP contribution in [0.1, 0.15) is 44.7 Å². The lowest BCUT2D eigenvalue weighted by Gasteiger charge is -2.39. The first-order valence-corrected chi connectivity index (χ1v) is 11.3. The Morgan fingerprint density at radius 1 is 1.22 bits per heavy atom. The van der Waals surface area contributed by atoms with E-state index in [2.05, 4.69) is 15.3 Å². The van der Waals surface area contributed by atoms with Crippen LogP contribution in [0.5, 0.6) is 0 Å². The van der Waals surface area contributed by atoms with Crippen LogP contribution in [0, 0.1) is 0 Å². The molecule has 0 aliphatic carbocycles. The maximum atomic E-state index is 12.2. The van der Waals surface area contributed by atoms with Gasteiger partial charge >= 0.3 is 6.09 Å². The predicted molar refractivity (Wildman–Crippen MR) is 122 cm³/mol. The zero-order valence-corrected chi connectivity index (χ0v) is 18.7. The van der Waals surface area contributed by atoms with Gasteiger partial charge in [0.15, 0.2) is 0 Å². The van der Waals surface area contributed by atoms with E-state index in [0.29, 0.717) is 12.5 Å². The van der Waals surface area contributed by atoms with E-state index in [1.54, 1.807) is 11.8 Å². The number of fused-ring (bicyclic) bond motifs is 1. The van der Waals surface area contributed by atoms with Gasteiger partial charge in [-0.05, 0) is 62.5 Å². The lowest BCUT2D eigenvalue weighted by Crippen LogP contribution is -2.45. The monoisotopic (exact) mass is 440 g/mol. The highest BCUT2D eigenvalue weighted by atomic mass is 16.4. The number of carboxylic acid groups (broad SMARTS) is 1. The lowest BCUT2D eigenvalue weighted by atomic mass is 9.89. The van der Waals surface area contributed by atoms with Gasteiger partial charge in [0.2, 0.25) is 5.91 Å². The molecule has 3 heterocycles. The van der Waals surface area contributed by atoms with Crippen LogP contribution < -0.4 is 16.0 Å². The van der Waals surface area contributed by atoms with Crippen LogP contribution in [-0.4, -0.2) is 63.5 Å². The lowest BCUT2D eigenvalue weighted by molar-refractivity contribution is -0.117. The molecule has 1 fully saturated rings. The number of anilines is 1. The molecule has 2 aliphatic rings. The summed E-state index contributed by atoms with van der Waals surface area (Å²) in [7, 11) is 0. The van der Waals surface area contributed by atoms with E-state index in [0.717, 1.165) is 61.4 Å². The Bertz CT molecular complexity index is 982. The number of rotatable bonds is 5. The van der Waals surface area contributed by atoms with Crippen molar-refractivity contribution in [3.8, 4) is 11.1 Å². The molecular formula is C23H32N6O3. The van der Waals surface area contributed by atoms with Gasteiger partial charge in [-0.15, -0.1) is 0 Å². The van der Waals surface area contributed by atoms with Crippen molar-refractivity contribution in [2.75, 3.05) is 24.5 Å². The van der Waals surface area contributed by atoms with Gasteiger partial charge in [0.1, 0.15) is 0 Å². The van der Waals surface area contributed by atoms with Crippen molar-refractivity contribution in [3.05, 3.63) is 36.2 Å². The van der Waals surface area contributed by atoms with Gasteiger partial charge in [0.25, 0.3) is 0 Å². The zero-order chi connectivity index (χ0) is 22.8. The molecule has 32 heavy (non-hydrogen) atoms. The quantitative estimate of drug-likeness (QED) is 0.657. The smallest absolute Gasteiger partial charge is 0.405 e. The molecule has 1 aromatic heterocycles. The summed E-state index contributed by atoms with van der Waals surface area (Å²) in [5, 5.41) is 16.4. The van der Waals surface area contributed by atoms with Crippen molar-refractivity contribution < 1.29 is 14.7 Å². The highest BCUT2D eigenvalue weighted by Crippen LogP contribution is 2.39. The van der Waals surface area contributed by atoms with E-state index in [4.69, 9.17) is 5.73 Å². The number of nitrogens with two attached hydrogens (primary N) is 1. The minimum absolute atomic E-state index is 0.0493. The fourth-order valence-corrected chi connectivity index (χ4v) is 4.86. The summed E-state index contributed by atoms with van der Waals surface area (Å²) >= 11 is 0. The van der Waals surface area contributed by atoms with Crippen molar-refractivity contribution in [3.63, 3.8) is 0 Å². The van der Waals surface area contributed by atoms with E-state index in [1.807, 2.05) is 42.2 Å². The van der Waals surface area contributed by atoms with Gasteiger partial charge in [-0.3, -0.25) is 9.48 Å². The van der Waals surface area contributed by atoms with E-state index in [1.165, 1.54) is 0 Å². The maximum absolute atomic E-state index is 12.2. The van der Waals surface area contributed by atoms with Gasteiger partial charge in [-0.1, -0.05) is 6.07 Å². The summed E-state index contributed by atoms with van der Waals surface area (Å²) in [4.78, 5) is 27.8. The minimum atomic E-state index is -1.07. The number of amides is 2. The second kappa shape index (κ2) is 9.30. The van der Waals surface area contributed by atoms with Crippen molar-refractivity contribution >= 4 is 17.7 Å². The number of carbonyl (C=O) groups excluding carboxylic acids is 1. The molecule has 2 atom stereocenters. The highest BCUT2D eigenvalue weighted by Gasteiger charge is 2.33. The van der Waals surface area contributed by atoms with E-state index in [9.17, 15) is 14.7 Å². The van der Waals surface area contributed by atoms with Crippen molar-refractivity contribution in [1.82, 2.24) is 20.0 Å². The normalized spacial score (nSPS) is 21.9. The van der Waals surface area contributed by atoms with Crippen LogP contribution >= 0.6 is 0 Å². The topological polar surface area (TPSA) is 117 Å². The van der Waals surface area contributed by atoms with Crippen LogP contribution in [0.2, 0.25) is 0 Å². The number of carbonyl (C=O) groups is 2. The summed E-state index contributed by atoms with van der Waals surface area (Å²) in [6.45, 7) is 7.29. The molecular weight excluding hydrogens is 408 g/mol. The average Bonchev–Trinajstić information content (AvgIpc) is 3.21. The van der Waals surface area contributed by atoms with E-state index in [-0.39, 0.29) is 18.0 Å². The maximum Gasteiger partial charge on any atom is 0.405 e. The Hall–Kier alpha value is -2.91. The Balaban J connectivity index is 1.53. The standard InChI is InChI=1S/C23H32N6O3/c1-15-11-21(26-23(31)32)20-12-17(3-4-22(20)29(15)16(2)30)18-13-25-28(14-18)10-9-27-7-5-19(24)6-8-27/h3-4,12-15,19,21,26H,5-11,24H2,1-2H3,(H,31,32)/t15-,21+/m1/s1. The summed E-state index contributed by atoms with van der Waals surface area (Å²) in [5.74, 6) is -0.0493. The molecule has 1 aromatic carbocycles. The Kier molecular flexibility index (Phi) is 6.48. The number of hydrogen-bond acceptors (Lipinski definition) is 5. The Morgan fingerprint density at radius 2 is 1.97 bits per heavy atom. The third kappa shape index (κ3) is 4.78. The molecule has 0 unspecified atom stereocenters. The van der Waals surface area contributed by atoms with Gasteiger partial charge in [-0.25, -0.2) is 4.79 Å². The van der Waals surface area contributed by atoms with E-state index < -0.39 is 6.09 Å². The molecule has 9 nitrogen and oxygen atoms in total. The number of aromatic nitrogens is 2. The minimum Gasteiger partial charge on any atom is -0.465 e. The number of likely N-dealkylation sites (tertiary alicyclic amines) is 1. The summed E-state index contributed by atoms with van der Waals surface area (Å²) in [6.07, 6.45) is 5.40. The Labute approximate surface area is 188 Å². The summed E-state index contributed by atoms with van der Waals surface area (Å²) in [5.41, 5.74) is 9.48. The molecule has 4 rings (SSSR count). The van der Waals surface area contributed by atoms with E-state index >= 15 is 0 Å². The van der Waals surface area contributed by atoms with Crippen LogP contribution in [0.3, 0.4) is 0 Å². The molecule has 2 amide bonds. The van der Waals surface area contributed by atoms with Crippen LogP contribution in [0.4, 0.5) is 10.5 Å². The molecule has 2 aliphatic heterocycles. The van der Waals surface area contributed by atoms with Gasteiger partial charge in [0.05, 0.1) is 18.8 Å². The number of nitrogens with zero attached hydrogens (tertiary/aromatic N) is 4. The molecule has 0 saturated carbocycles.